The van der Waals surface area contributed by atoms with Crippen LogP contribution in [0.25, 0.3) is 0 Å². The maximum Gasteiger partial charge on any atom is 0.472 e. The highest BCUT2D eigenvalue weighted by atomic mass is 31.2. The summed E-state index contributed by atoms with van der Waals surface area (Å²) in [6.45, 7) is 2.71. The minimum absolute atomic E-state index is 0.154. The molecule has 0 spiro atoms. The van der Waals surface area contributed by atoms with Crippen LogP contribution in [0.15, 0.2) is 12.2 Å². The molecule has 0 amide bonds. The van der Waals surface area contributed by atoms with Crippen molar-refractivity contribution in [3.05, 3.63) is 12.2 Å². The Hall–Kier alpha value is -1.78. The van der Waals surface area contributed by atoms with Crippen LogP contribution in [0.5, 0.6) is 0 Å². The summed E-state index contributed by atoms with van der Waals surface area (Å²) in [6, 6.07) is -1.52. The van der Waals surface area contributed by atoms with Crippen molar-refractivity contribution in [1.82, 2.24) is 0 Å². The Kier molecular flexibility index (Phi) is 29.4. The first-order valence-corrected chi connectivity index (χ1v) is 19.2. The summed E-state index contributed by atoms with van der Waals surface area (Å²) in [5.74, 6) is -2.39. The first-order valence-electron chi connectivity index (χ1n) is 17.7. The fourth-order valence-corrected chi connectivity index (χ4v) is 5.41. The van der Waals surface area contributed by atoms with Crippen molar-refractivity contribution in [2.45, 2.75) is 167 Å². The van der Waals surface area contributed by atoms with E-state index in [9.17, 15) is 23.8 Å². The van der Waals surface area contributed by atoms with E-state index < -0.39 is 51.1 Å². The van der Waals surface area contributed by atoms with Crippen LogP contribution in [0.3, 0.4) is 0 Å². The molecule has 0 radical (unpaired) electrons. The smallest absolute Gasteiger partial charge is 0.472 e. The molecular formula is C34H64NO10P. The Balaban J connectivity index is 4.49. The number of phosphoric ester groups is 1. The lowest BCUT2D eigenvalue weighted by Gasteiger charge is -2.20. The minimum atomic E-state index is -4.70. The van der Waals surface area contributed by atoms with Crippen LogP contribution in [0.1, 0.15) is 155 Å². The van der Waals surface area contributed by atoms with Crippen molar-refractivity contribution in [1.29, 1.82) is 0 Å². The van der Waals surface area contributed by atoms with Gasteiger partial charge in [-0.25, -0.2) is 4.57 Å². The first kappa shape index (κ1) is 44.2. The fraction of sp³-hybridized carbons (Fsp3) is 0.853. The molecule has 0 fully saturated rings. The summed E-state index contributed by atoms with van der Waals surface area (Å²) in [5, 5.41) is 8.83. The van der Waals surface area contributed by atoms with Crippen LogP contribution >= 0.6 is 7.82 Å². The summed E-state index contributed by atoms with van der Waals surface area (Å²) in [6.07, 6.45) is 25.8. The molecule has 0 saturated heterocycles. The summed E-state index contributed by atoms with van der Waals surface area (Å²) in [7, 11) is -4.70. The Morgan fingerprint density at radius 3 is 1.65 bits per heavy atom. The SMILES string of the molecule is CCCCC=CCCCCCCCC(=O)OC(COC(=O)CCCCCCCCCCCCC)COP(=O)(O)OCC(N)C(=O)O. The Morgan fingerprint density at radius 1 is 0.652 bits per heavy atom. The third-order valence-electron chi connectivity index (χ3n) is 7.51. The van der Waals surface area contributed by atoms with E-state index in [2.05, 4.69) is 30.5 Å². The molecule has 0 rings (SSSR count). The number of nitrogens with two attached hydrogens (primary N) is 1. The van der Waals surface area contributed by atoms with Crippen LogP contribution < -0.4 is 5.73 Å². The fourth-order valence-electron chi connectivity index (χ4n) is 4.63. The second-order valence-electron chi connectivity index (χ2n) is 12.0. The topological polar surface area (TPSA) is 172 Å². The van der Waals surface area contributed by atoms with Crippen LogP contribution in [0, 0.1) is 0 Å². The zero-order valence-corrected chi connectivity index (χ0v) is 29.6. The number of ether oxygens (including phenoxy) is 2. The average Bonchev–Trinajstić information content (AvgIpc) is 3.02. The maximum atomic E-state index is 12.5. The van der Waals surface area contributed by atoms with E-state index in [4.69, 9.17) is 24.8 Å². The van der Waals surface area contributed by atoms with Gasteiger partial charge in [0.2, 0.25) is 0 Å². The van der Waals surface area contributed by atoms with Gasteiger partial charge in [-0.3, -0.25) is 23.4 Å². The molecular weight excluding hydrogens is 613 g/mol. The quantitative estimate of drug-likeness (QED) is 0.0265. The Morgan fingerprint density at radius 2 is 1.11 bits per heavy atom. The predicted octanol–water partition coefficient (Wildman–Crippen LogP) is 8.17. The summed E-state index contributed by atoms with van der Waals surface area (Å²) >= 11 is 0. The number of hydrogen-bond donors (Lipinski definition) is 3. The number of carboxylic acids is 1. The third kappa shape index (κ3) is 29.6. The molecule has 11 nitrogen and oxygen atoms in total. The number of unbranched alkanes of at least 4 members (excludes halogenated alkanes) is 17. The molecule has 3 atom stereocenters. The van der Waals surface area contributed by atoms with Gasteiger partial charge < -0.3 is 25.2 Å². The van der Waals surface area contributed by atoms with Crippen molar-refractivity contribution >= 4 is 25.7 Å². The summed E-state index contributed by atoms with van der Waals surface area (Å²) in [5.41, 5.74) is 5.30. The van der Waals surface area contributed by atoms with E-state index in [1.807, 2.05) is 0 Å². The lowest BCUT2D eigenvalue weighted by atomic mass is 10.1. The van der Waals surface area contributed by atoms with Crippen molar-refractivity contribution < 1.29 is 47.5 Å². The van der Waals surface area contributed by atoms with Crippen molar-refractivity contribution in [2.24, 2.45) is 5.73 Å². The highest BCUT2D eigenvalue weighted by Gasteiger charge is 2.28. The lowest BCUT2D eigenvalue weighted by Crippen LogP contribution is -2.34. The average molecular weight is 678 g/mol. The normalized spacial score (nSPS) is 14.2. The summed E-state index contributed by atoms with van der Waals surface area (Å²) < 4.78 is 32.4. The molecule has 0 saturated carbocycles. The van der Waals surface area contributed by atoms with Crippen molar-refractivity contribution in [3.63, 3.8) is 0 Å². The first-order chi connectivity index (χ1) is 22.1. The number of carboxylic acid groups (broad SMARTS) is 1. The second kappa shape index (κ2) is 30.5. The van der Waals surface area contributed by atoms with E-state index in [0.717, 1.165) is 57.8 Å². The second-order valence-corrected chi connectivity index (χ2v) is 13.5. The Bertz CT molecular complexity index is 854. The van der Waals surface area contributed by atoms with Gasteiger partial charge in [0.05, 0.1) is 13.2 Å². The van der Waals surface area contributed by atoms with Gasteiger partial charge in [-0.05, 0) is 32.1 Å². The van der Waals surface area contributed by atoms with Crippen LogP contribution in [0.4, 0.5) is 0 Å². The zero-order valence-electron chi connectivity index (χ0n) is 28.7. The van der Waals surface area contributed by atoms with Crippen LogP contribution in [0.2, 0.25) is 0 Å². The molecule has 0 bridgehead atoms. The van der Waals surface area contributed by atoms with Crippen molar-refractivity contribution in [3.8, 4) is 0 Å². The minimum Gasteiger partial charge on any atom is -0.480 e. The van der Waals surface area contributed by atoms with Gasteiger partial charge in [0.25, 0.3) is 0 Å². The Labute approximate surface area is 278 Å². The number of aliphatic carboxylic acids is 1. The van der Waals surface area contributed by atoms with E-state index >= 15 is 0 Å². The number of carbonyl (C=O) groups is 3. The van der Waals surface area contributed by atoms with Gasteiger partial charge in [-0.1, -0.05) is 122 Å². The van der Waals surface area contributed by atoms with E-state index in [0.29, 0.717) is 12.8 Å². The molecule has 0 aromatic heterocycles. The molecule has 3 unspecified atom stereocenters. The zero-order chi connectivity index (χ0) is 34.3. The van der Waals surface area contributed by atoms with Gasteiger partial charge >= 0.3 is 25.7 Å². The molecule has 12 heteroatoms. The van der Waals surface area contributed by atoms with Gasteiger partial charge in [-0.15, -0.1) is 0 Å². The van der Waals surface area contributed by atoms with E-state index in [1.165, 1.54) is 57.8 Å². The lowest BCUT2D eigenvalue weighted by molar-refractivity contribution is -0.161. The molecule has 0 aliphatic carbocycles. The summed E-state index contributed by atoms with van der Waals surface area (Å²) in [4.78, 5) is 45.5. The third-order valence-corrected chi connectivity index (χ3v) is 8.46. The molecule has 0 heterocycles. The van der Waals surface area contributed by atoms with Gasteiger partial charge in [0, 0.05) is 12.8 Å². The molecule has 270 valence electrons. The van der Waals surface area contributed by atoms with E-state index in [1.54, 1.807) is 0 Å². The predicted molar refractivity (Wildman–Crippen MR) is 180 cm³/mol. The monoisotopic (exact) mass is 677 g/mol. The van der Waals surface area contributed by atoms with Crippen LogP contribution in [-0.2, 0) is 37.5 Å². The number of esters is 2. The number of hydrogen-bond acceptors (Lipinski definition) is 9. The molecule has 0 aliphatic rings. The molecule has 4 N–H and O–H groups in total. The maximum absolute atomic E-state index is 12.5. The molecule has 0 aromatic carbocycles. The molecule has 46 heavy (non-hydrogen) atoms. The standard InChI is InChI=1S/C34H64NO10P/c1-3-5-7-9-11-13-15-17-19-21-23-25-32(36)42-27-30(28-43-46(40,41)44-29-31(35)34(38)39)45-33(37)26-24-22-20-18-16-14-12-10-8-6-4-2/h10,12,30-31H,3-9,11,13-29,35H2,1-2H3,(H,38,39)(H,40,41). The highest BCUT2D eigenvalue weighted by molar-refractivity contribution is 7.47. The van der Waals surface area contributed by atoms with E-state index in [-0.39, 0.29) is 19.4 Å². The number of phosphoric acid groups is 1. The largest absolute Gasteiger partial charge is 0.480 e. The van der Waals surface area contributed by atoms with Crippen LogP contribution in [-0.4, -0.2) is 59.9 Å². The number of carbonyl (C=O) groups excluding carboxylic acids is 2. The number of rotatable bonds is 33. The molecule has 0 aromatic rings. The van der Waals surface area contributed by atoms with Gasteiger partial charge in [0.15, 0.2) is 6.10 Å². The van der Waals surface area contributed by atoms with Gasteiger partial charge in [0.1, 0.15) is 12.6 Å². The molecule has 0 aliphatic heterocycles. The van der Waals surface area contributed by atoms with Gasteiger partial charge in [-0.2, -0.15) is 0 Å². The van der Waals surface area contributed by atoms with Crippen molar-refractivity contribution in [2.75, 3.05) is 19.8 Å². The number of allylic oxidation sites excluding steroid dienone is 2. The highest BCUT2D eigenvalue weighted by Crippen LogP contribution is 2.43.